The number of aliphatic imine (C=N–C) groups is 1. The van der Waals surface area contributed by atoms with Crippen molar-refractivity contribution in [2.75, 3.05) is 0 Å². The smallest absolute Gasteiger partial charge is 0.283 e. The maximum Gasteiger partial charge on any atom is 0.283 e. The van der Waals surface area contributed by atoms with Gasteiger partial charge in [-0.05, 0) is 60.2 Å². The topological polar surface area (TPSA) is 78.1 Å². The lowest BCUT2D eigenvalue weighted by Crippen LogP contribution is -2.35. The van der Waals surface area contributed by atoms with Gasteiger partial charge < -0.3 is 4.74 Å². The minimum Gasteiger partial charge on any atom is -0.489 e. The van der Waals surface area contributed by atoms with Crippen LogP contribution in [0.1, 0.15) is 22.3 Å². The van der Waals surface area contributed by atoms with E-state index in [1.807, 2.05) is 31.2 Å². The van der Waals surface area contributed by atoms with Crippen LogP contribution >= 0.6 is 11.8 Å². The molecular formula is C26H19FN4O2S. The van der Waals surface area contributed by atoms with Crippen molar-refractivity contribution >= 4 is 39.8 Å². The van der Waals surface area contributed by atoms with Crippen LogP contribution in [0, 0.1) is 18.2 Å². The number of aryl methyl sites for hydroxylation is 1. The summed E-state index contributed by atoms with van der Waals surface area (Å²) in [6.07, 6.45) is 1.62. The zero-order valence-corrected chi connectivity index (χ0v) is 19.0. The molecule has 0 fully saturated rings. The third-order valence-corrected chi connectivity index (χ3v) is 6.22. The largest absolute Gasteiger partial charge is 0.489 e. The number of amidine groups is 2. The van der Waals surface area contributed by atoms with Crippen LogP contribution in [-0.4, -0.2) is 27.0 Å². The summed E-state index contributed by atoms with van der Waals surface area (Å²) in [5.74, 6) is -0.132. The van der Waals surface area contributed by atoms with Gasteiger partial charge in [-0.15, -0.1) is 0 Å². The number of carbonyl (C=O) groups excluding carboxylic acids is 1. The second kappa shape index (κ2) is 9.07. The Bertz CT molecular complexity index is 1360. The van der Waals surface area contributed by atoms with Crippen LogP contribution in [0.25, 0.3) is 6.08 Å². The molecule has 2 heterocycles. The third-order valence-electron chi connectivity index (χ3n) is 5.26. The first-order valence-corrected chi connectivity index (χ1v) is 11.3. The number of benzene rings is 3. The molecule has 3 aromatic carbocycles. The fourth-order valence-corrected chi connectivity index (χ4v) is 4.28. The molecule has 0 bridgehead atoms. The molecule has 0 saturated carbocycles. The van der Waals surface area contributed by atoms with E-state index in [0.29, 0.717) is 22.6 Å². The highest BCUT2D eigenvalue weighted by Crippen LogP contribution is 2.31. The SMILES string of the molecule is Cc1ccc(C2=NN3C(=N)C(=Cc4ccc(OCc5ccc(F)cc5)cc4)C(=O)N=C3S2)cc1. The monoisotopic (exact) mass is 470 g/mol. The van der Waals surface area contributed by atoms with Gasteiger partial charge in [0.05, 0.1) is 5.57 Å². The average molecular weight is 471 g/mol. The molecule has 0 spiro atoms. The Labute approximate surface area is 200 Å². The van der Waals surface area contributed by atoms with Crippen molar-refractivity contribution in [3.8, 4) is 5.75 Å². The lowest BCUT2D eigenvalue weighted by atomic mass is 10.1. The van der Waals surface area contributed by atoms with Crippen LogP contribution in [0.5, 0.6) is 5.75 Å². The van der Waals surface area contributed by atoms with Gasteiger partial charge >= 0.3 is 0 Å². The molecule has 0 aliphatic carbocycles. The quantitative estimate of drug-likeness (QED) is 0.508. The number of thioether (sulfide) groups is 1. The van der Waals surface area contributed by atoms with Gasteiger partial charge in [0.15, 0.2) is 5.84 Å². The van der Waals surface area contributed by atoms with E-state index in [0.717, 1.165) is 22.3 Å². The Balaban J connectivity index is 1.31. The summed E-state index contributed by atoms with van der Waals surface area (Å²) in [5, 5.41) is 15.5. The molecule has 3 aromatic rings. The molecule has 8 heteroatoms. The van der Waals surface area contributed by atoms with Crippen LogP contribution in [-0.2, 0) is 11.4 Å². The number of hydrazone groups is 1. The van der Waals surface area contributed by atoms with E-state index in [4.69, 9.17) is 10.1 Å². The molecule has 0 radical (unpaired) electrons. The summed E-state index contributed by atoms with van der Waals surface area (Å²) in [6, 6.07) is 21.2. The number of fused-ring (bicyclic) bond motifs is 1. The molecule has 0 unspecified atom stereocenters. The van der Waals surface area contributed by atoms with E-state index >= 15 is 0 Å². The van der Waals surface area contributed by atoms with E-state index in [1.165, 1.54) is 28.9 Å². The van der Waals surface area contributed by atoms with Crippen molar-refractivity contribution in [1.29, 1.82) is 5.41 Å². The van der Waals surface area contributed by atoms with Gasteiger partial charge in [-0.3, -0.25) is 10.2 Å². The second-order valence-electron chi connectivity index (χ2n) is 7.78. The summed E-state index contributed by atoms with van der Waals surface area (Å²) in [5.41, 5.74) is 3.81. The molecule has 6 nitrogen and oxygen atoms in total. The first kappa shape index (κ1) is 21.8. The minimum atomic E-state index is -0.472. The van der Waals surface area contributed by atoms with E-state index in [-0.39, 0.29) is 17.2 Å². The Hall–Kier alpha value is -4.04. The molecule has 168 valence electrons. The zero-order valence-electron chi connectivity index (χ0n) is 18.2. The minimum absolute atomic E-state index is 0.0127. The number of amides is 1. The second-order valence-corrected chi connectivity index (χ2v) is 8.73. The molecule has 5 rings (SSSR count). The first-order valence-electron chi connectivity index (χ1n) is 10.5. The first-order chi connectivity index (χ1) is 16.5. The predicted octanol–water partition coefficient (Wildman–Crippen LogP) is 5.38. The summed E-state index contributed by atoms with van der Waals surface area (Å²) in [6.45, 7) is 2.33. The molecule has 0 saturated heterocycles. The number of rotatable bonds is 5. The van der Waals surface area contributed by atoms with Gasteiger partial charge in [0, 0.05) is 5.56 Å². The predicted molar refractivity (Wildman–Crippen MR) is 132 cm³/mol. The van der Waals surface area contributed by atoms with Gasteiger partial charge in [0.2, 0.25) is 5.17 Å². The molecule has 34 heavy (non-hydrogen) atoms. The number of carbonyl (C=O) groups is 1. The van der Waals surface area contributed by atoms with E-state index in [2.05, 4.69) is 10.1 Å². The highest BCUT2D eigenvalue weighted by atomic mass is 32.2. The zero-order chi connectivity index (χ0) is 23.7. The highest BCUT2D eigenvalue weighted by molar-refractivity contribution is 8.27. The number of ether oxygens (including phenoxy) is 1. The summed E-state index contributed by atoms with van der Waals surface area (Å²) in [7, 11) is 0. The van der Waals surface area contributed by atoms with Crippen molar-refractivity contribution in [2.24, 2.45) is 10.1 Å². The maximum absolute atomic E-state index is 13.0. The Kier molecular flexibility index (Phi) is 5.81. The molecule has 0 atom stereocenters. The van der Waals surface area contributed by atoms with Gasteiger partial charge in [-0.2, -0.15) is 15.1 Å². The molecular weight excluding hydrogens is 451 g/mol. The number of hydrogen-bond donors (Lipinski definition) is 1. The van der Waals surface area contributed by atoms with E-state index in [1.54, 1.807) is 42.5 Å². The number of nitrogens with zero attached hydrogens (tertiary/aromatic N) is 3. The normalized spacial score (nSPS) is 16.4. The molecule has 0 aromatic heterocycles. The van der Waals surface area contributed by atoms with Crippen LogP contribution < -0.4 is 4.74 Å². The van der Waals surface area contributed by atoms with Crippen LogP contribution in [0.4, 0.5) is 4.39 Å². The van der Waals surface area contributed by atoms with Gasteiger partial charge in [0.25, 0.3) is 5.91 Å². The number of hydrogen-bond acceptors (Lipinski definition) is 5. The maximum atomic E-state index is 13.0. The van der Waals surface area contributed by atoms with Gasteiger partial charge in [0.1, 0.15) is 23.2 Å². The van der Waals surface area contributed by atoms with E-state index < -0.39 is 5.91 Å². The lowest BCUT2D eigenvalue weighted by molar-refractivity contribution is -0.114. The van der Waals surface area contributed by atoms with Gasteiger partial charge in [-0.1, -0.05) is 54.1 Å². The average Bonchev–Trinajstić information content (AvgIpc) is 3.27. The number of nitrogens with one attached hydrogen (secondary N) is 1. The van der Waals surface area contributed by atoms with Gasteiger partial charge in [-0.25, -0.2) is 4.39 Å². The van der Waals surface area contributed by atoms with E-state index in [9.17, 15) is 9.18 Å². The van der Waals surface area contributed by atoms with Crippen LogP contribution in [0.15, 0.2) is 88.5 Å². The van der Waals surface area contributed by atoms with Crippen molar-refractivity contribution < 1.29 is 13.9 Å². The Morgan fingerprint density at radius 2 is 1.74 bits per heavy atom. The van der Waals surface area contributed by atoms with Crippen molar-refractivity contribution in [3.05, 3.63) is 106 Å². The van der Waals surface area contributed by atoms with Crippen molar-refractivity contribution in [3.63, 3.8) is 0 Å². The molecule has 1 amide bonds. The van der Waals surface area contributed by atoms with Crippen LogP contribution in [0.2, 0.25) is 0 Å². The van der Waals surface area contributed by atoms with Crippen molar-refractivity contribution in [2.45, 2.75) is 13.5 Å². The summed E-state index contributed by atoms with van der Waals surface area (Å²) < 4.78 is 18.8. The highest BCUT2D eigenvalue weighted by Gasteiger charge is 2.35. The summed E-state index contributed by atoms with van der Waals surface area (Å²) >= 11 is 1.28. The Morgan fingerprint density at radius 1 is 1.03 bits per heavy atom. The third kappa shape index (κ3) is 4.53. The van der Waals surface area contributed by atoms with Crippen LogP contribution in [0.3, 0.4) is 0 Å². The fourth-order valence-electron chi connectivity index (χ4n) is 3.38. The standard InChI is InChI=1S/C26H19FN4O2S/c1-16-2-8-19(9-3-16)25-30-31-23(28)22(24(32)29-26(31)34-25)14-17-6-12-21(13-7-17)33-15-18-4-10-20(27)11-5-18/h2-14,28H,15H2,1H3. The lowest BCUT2D eigenvalue weighted by Gasteiger charge is -2.20. The molecule has 2 aliphatic rings. The Morgan fingerprint density at radius 3 is 2.44 bits per heavy atom. The van der Waals surface area contributed by atoms with Crippen molar-refractivity contribution in [1.82, 2.24) is 5.01 Å². The molecule has 2 aliphatic heterocycles. The number of halogens is 1. The fraction of sp³-hybridized carbons (Fsp3) is 0.0769. The molecule has 1 N–H and O–H groups in total. The summed E-state index contributed by atoms with van der Waals surface area (Å²) in [4.78, 5) is 16.8.